The fourth-order valence-electron chi connectivity index (χ4n) is 3.03. The van der Waals surface area contributed by atoms with Crippen molar-refractivity contribution in [3.63, 3.8) is 0 Å². The van der Waals surface area contributed by atoms with E-state index in [1.807, 2.05) is 0 Å². The van der Waals surface area contributed by atoms with Gasteiger partial charge in [0.2, 0.25) is 0 Å². The topological polar surface area (TPSA) is 54.2 Å². The SMILES string of the molecule is CN=C(NCc1nccn1C(F)F)NC1CCc2ccccc2C1. The van der Waals surface area contributed by atoms with Crippen molar-refractivity contribution in [3.05, 3.63) is 53.6 Å². The lowest BCUT2D eigenvalue weighted by Crippen LogP contribution is -2.45. The van der Waals surface area contributed by atoms with E-state index < -0.39 is 6.55 Å². The van der Waals surface area contributed by atoms with Crippen LogP contribution >= 0.6 is 0 Å². The van der Waals surface area contributed by atoms with E-state index in [1.54, 1.807) is 7.05 Å². The first kappa shape index (κ1) is 16.4. The van der Waals surface area contributed by atoms with Crippen LogP contribution in [0.1, 0.15) is 29.9 Å². The van der Waals surface area contributed by atoms with Crippen molar-refractivity contribution in [2.45, 2.75) is 38.4 Å². The summed E-state index contributed by atoms with van der Waals surface area (Å²) in [5.41, 5.74) is 2.75. The zero-order valence-electron chi connectivity index (χ0n) is 13.5. The average molecular weight is 333 g/mol. The Kier molecular flexibility index (Phi) is 5.08. The summed E-state index contributed by atoms with van der Waals surface area (Å²) in [6, 6.07) is 8.72. The predicted molar refractivity (Wildman–Crippen MR) is 89.1 cm³/mol. The number of aliphatic imine (C=N–C) groups is 1. The fraction of sp³-hybridized carbons (Fsp3) is 0.412. The first-order valence-electron chi connectivity index (χ1n) is 8.01. The summed E-state index contributed by atoms with van der Waals surface area (Å²) in [6.07, 6.45) is 5.62. The lowest BCUT2D eigenvalue weighted by atomic mass is 9.88. The minimum absolute atomic E-state index is 0.195. The van der Waals surface area contributed by atoms with Gasteiger partial charge in [0.05, 0.1) is 6.54 Å². The number of imidazole rings is 1. The number of benzene rings is 1. The molecule has 0 amide bonds. The van der Waals surface area contributed by atoms with Crippen LogP contribution in [0.2, 0.25) is 0 Å². The number of fused-ring (bicyclic) bond motifs is 1. The van der Waals surface area contributed by atoms with Crippen LogP contribution in [0.3, 0.4) is 0 Å². The van der Waals surface area contributed by atoms with Crippen LogP contribution in [0.5, 0.6) is 0 Å². The molecule has 1 heterocycles. The van der Waals surface area contributed by atoms with Gasteiger partial charge in [0.1, 0.15) is 5.82 Å². The molecule has 0 radical (unpaired) electrons. The molecular formula is C17H21F2N5. The number of hydrogen-bond acceptors (Lipinski definition) is 2. The molecule has 3 rings (SSSR count). The molecule has 128 valence electrons. The molecule has 0 saturated carbocycles. The summed E-state index contributed by atoms with van der Waals surface area (Å²) < 4.78 is 26.5. The molecule has 0 fully saturated rings. The van der Waals surface area contributed by atoms with Gasteiger partial charge in [0, 0.05) is 25.5 Å². The second kappa shape index (κ2) is 7.42. The first-order chi connectivity index (χ1) is 11.7. The van der Waals surface area contributed by atoms with Crippen molar-refractivity contribution in [1.82, 2.24) is 20.2 Å². The highest BCUT2D eigenvalue weighted by molar-refractivity contribution is 5.79. The third-order valence-corrected chi connectivity index (χ3v) is 4.28. The molecule has 1 unspecified atom stereocenters. The monoisotopic (exact) mass is 333 g/mol. The van der Waals surface area contributed by atoms with Gasteiger partial charge < -0.3 is 10.6 Å². The van der Waals surface area contributed by atoms with Crippen molar-refractivity contribution in [2.75, 3.05) is 7.05 Å². The number of rotatable bonds is 4. The van der Waals surface area contributed by atoms with Crippen LogP contribution in [-0.2, 0) is 19.4 Å². The first-order valence-corrected chi connectivity index (χ1v) is 8.01. The molecule has 0 bridgehead atoms. The van der Waals surface area contributed by atoms with Crippen molar-refractivity contribution in [1.29, 1.82) is 0 Å². The zero-order valence-corrected chi connectivity index (χ0v) is 13.5. The van der Waals surface area contributed by atoms with Gasteiger partial charge in [-0.15, -0.1) is 0 Å². The van der Waals surface area contributed by atoms with Gasteiger partial charge >= 0.3 is 6.55 Å². The Hall–Kier alpha value is -2.44. The zero-order chi connectivity index (χ0) is 16.9. The summed E-state index contributed by atoms with van der Waals surface area (Å²) >= 11 is 0. The van der Waals surface area contributed by atoms with E-state index in [4.69, 9.17) is 0 Å². The van der Waals surface area contributed by atoms with Crippen LogP contribution in [0.15, 0.2) is 41.7 Å². The van der Waals surface area contributed by atoms with Crippen molar-refractivity contribution < 1.29 is 8.78 Å². The minimum Gasteiger partial charge on any atom is -0.353 e. The van der Waals surface area contributed by atoms with E-state index in [0.29, 0.717) is 5.96 Å². The fourth-order valence-corrected chi connectivity index (χ4v) is 3.03. The van der Waals surface area contributed by atoms with Crippen LogP contribution in [-0.4, -0.2) is 28.6 Å². The average Bonchev–Trinajstić information content (AvgIpc) is 3.07. The van der Waals surface area contributed by atoms with Crippen LogP contribution < -0.4 is 10.6 Å². The van der Waals surface area contributed by atoms with Crippen LogP contribution in [0, 0.1) is 0 Å². The van der Waals surface area contributed by atoms with Crippen molar-refractivity contribution in [2.24, 2.45) is 4.99 Å². The molecule has 1 aliphatic carbocycles. The molecule has 1 aliphatic rings. The van der Waals surface area contributed by atoms with E-state index in [9.17, 15) is 8.78 Å². The van der Waals surface area contributed by atoms with Crippen molar-refractivity contribution >= 4 is 5.96 Å². The van der Waals surface area contributed by atoms with Gasteiger partial charge in [-0.05, 0) is 30.4 Å². The van der Waals surface area contributed by atoms with E-state index in [2.05, 4.69) is 44.9 Å². The maximum Gasteiger partial charge on any atom is 0.319 e. The second-order valence-corrected chi connectivity index (χ2v) is 5.81. The normalized spacial score (nSPS) is 17.7. The van der Waals surface area contributed by atoms with E-state index in [1.165, 1.54) is 23.5 Å². The number of nitrogens with zero attached hydrogens (tertiary/aromatic N) is 3. The molecule has 0 saturated heterocycles. The highest BCUT2D eigenvalue weighted by Crippen LogP contribution is 2.21. The van der Waals surface area contributed by atoms with Crippen LogP contribution in [0.25, 0.3) is 0 Å². The van der Waals surface area contributed by atoms with Gasteiger partial charge in [-0.2, -0.15) is 8.78 Å². The highest BCUT2D eigenvalue weighted by Gasteiger charge is 2.19. The van der Waals surface area contributed by atoms with Crippen LogP contribution in [0.4, 0.5) is 8.78 Å². The Morgan fingerprint density at radius 3 is 2.92 bits per heavy atom. The molecule has 5 nitrogen and oxygen atoms in total. The van der Waals surface area contributed by atoms with Gasteiger partial charge in [0.25, 0.3) is 0 Å². The number of guanidine groups is 1. The third kappa shape index (κ3) is 3.72. The third-order valence-electron chi connectivity index (χ3n) is 4.28. The minimum atomic E-state index is -2.59. The molecule has 24 heavy (non-hydrogen) atoms. The summed E-state index contributed by atoms with van der Waals surface area (Å²) in [4.78, 5) is 8.14. The number of aromatic nitrogens is 2. The molecule has 2 aromatic rings. The number of aryl methyl sites for hydroxylation is 1. The van der Waals surface area contributed by atoms with Gasteiger partial charge in [-0.3, -0.25) is 9.56 Å². The molecule has 1 aromatic heterocycles. The highest BCUT2D eigenvalue weighted by atomic mass is 19.3. The van der Waals surface area contributed by atoms with E-state index in [0.717, 1.165) is 23.8 Å². The number of hydrogen-bond donors (Lipinski definition) is 2. The lowest BCUT2D eigenvalue weighted by Gasteiger charge is -2.27. The predicted octanol–water partition coefficient (Wildman–Crippen LogP) is 2.50. The number of nitrogens with one attached hydrogen (secondary N) is 2. The molecule has 1 atom stereocenters. The summed E-state index contributed by atoms with van der Waals surface area (Å²) in [7, 11) is 1.67. The Morgan fingerprint density at radius 1 is 1.38 bits per heavy atom. The Morgan fingerprint density at radius 2 is 2.17 bits per heavy atom. The summed E-state index contributed by atoms with van der Waals surface area (Å²) in [6.45, 7) is -2.39. The quantitative estimate of drug-likeness (QED) is 0.668. The Labute approximate surface area is 139 Å². The van der Waals surface area contributed by atoms with Gasteiger partial charge in [-0.1, -0.05) is 24.3 Å². The van der Waals surface area contributed by atoms with Gasteiger partial charge in [-0.25, -0.2) is 4.98 Å². The standard InChI is InChI=1S/C17H21F2N5/c1-20-17(22-11-15-21-8-9-24(15)16(18)19)23-14-7-6-12-4-2-3-5-13(12)10-14/h2-5,8-9,14,16H,6-7,10-11H2,1H3,(H2,20,22,23). The molecule has 7 heteroatoms. The van der Waals surface area contributed by atoms with Crippen molar-refractivity contribution in [3.8, 4) is 0 Å². The number of halogens is 2. The molecule has 1 aromatic carbocycles. The van der Waals surface area contributed by atoms with E-state index >= 15 is 0 Å². The molecular weight excluding hydrogens is 312 g/mol. The maximum absolute atomic E-state index is 12.8. The number of alkyl halides is 2. The summed E-state index contributed by atoms with van der Waals surface area (Å²) in [5.74, 6) is 0.880. The maximum atomic E-state index is 12.8. The smallest absolute Gasteiger partial charge is 0.319 e. The van der Waals surface area contributed by atoms with Gasteiger partial charge in [0.15, 0.2) is 5.96 Å². The molecule has 0 spiro atoms. The molecule has 2 N–H and O–H groups in total. The largest absolute Gasteiger partial charge is 0.353 e. The molecule has 0 aliphatic heterocycles. The Bertz CT molecular complexity index is 711. The summed E-state index contributed by atoms with van der Waals surface area (Å²) in [5, 5.41) is 6.43. The second-order valence-electron chi connectivity index (χ2n) is 5.81. The lowest BCUT2D eigenvalue weighted by molar-refractivity contribution is 0.0668. The Balaban J connectivity index is 1.57. The van der Waals surface area contributed by atoms with E-state index in [-0.39, 0.29) is 18.4 Å².